The van der Waals surface area contributed by atoms with Crippen LogP contribution in [0, 0.1) is 5.92 Å². The van der Waals surface area contributed by atoms with E-state index in [4.69, 9.17) is 21.1 Å². The second kappa shape index (κ2) is 8.89. The predicted molar refractivity (Wildman–Crippen MR) is 113 cm³/mol. The minimum atomic E-state index is -0.695. The van der Waals surface area contributed by atoms with Crippen LogP contribution in [0.25, 0.3) is 5.57 Å². The van der Waals surface area contributed by atoms with E-state index in [0.717, 1.165) is 60.6 Å². The number of benzene rings is 2. The number of piperidine rings is 1. The zero-order valence-corrected chi connectivity index (χ0v) is 16.9. The van der Waals surface area contributed by atoms with Crippen LogP contribution >= 0.6 is 11.6 Å². The Morgan fingerprint density at radius 3 is 2.79 bits per heavy atom. The number of fused-ring (bicyclic) bond motifs is 2. The number of rotatable bonds is 4. The highest BCUT2D eigenvalue weighted by Crippen LogP contribution is 2.39. The molecule has 2 heterocycles. The summed E-state index contributed by atoms with van der Waals surface area (Å²) in [5.74, 6) is 0.548. The van der Waals surface area contributed by atoms with E-state index in [2.05, 4.69) is 11.0 Å². The molecule has 0 spiro atoms. The number of carboxylic acid groups (broad SMARTS) is 1. The quantitative estimate of drug-likeness (QED) is 0.788. The summed E-state index contributed by atoms with van der Waals surface area (Å²) in [6.45, 7) is 2.51. The van der Waals surface area contributed by atoms with Crippen LogP contribution in [0.2, 0.25) is 5.02 Å². The van der Waals surface area contributed by atoms with Gasteiger partial charge in [0.2, 0.25) is 6.79 Å². The molecule has 2 aromatic rings. The molecule has 1 fully saturated rings. The molecule has 152 valence electrons. The van der Waals surface area contributed by atoms with Crippen LogP contribution in [0.5, 0.6) is 11.5 Å². The monoisotopic (exact) mass is 413 g/mol. The lowest BCUT2D eigenvalue weighted by Crippen LogP contribution is -2.39. The summed E-state index contributed by atoms with van der Waals surface area (Å²) in [5, 5.41) is 9.96. The number of likely N-dealkylation sites (tertiary alicyclic amines) is 1. The Balaban J connectivity index is 1.61. The SMILES string of the molecule is O=C(O)C1CCCN(CCC=C2c3ccccc3OCOc3ccc(Cl)cc32)C1. The lowest BCUT2D eigenvalue weighted by Gasteiger charge is -2.30. The molecular formula is C23H24ClNO4. The first-order valence-electron chi connectivity index (χ1n) is 9.92. The molecule has 0 amide bonds. The third-order valence-corrected chi connectivity index (χ3v) is 5.72. The van der Waals surface area contributed by atoms with E-state index in [1.54, 1.807) is 0 Å². The van der Waals surface area contributed by atoms with Gasteiger partial charge in [-0.3, -0.25) is 4.79 Å². The molecule has 5 nitrogen and oxygen atoms in total. The first kappa shape index (κ1) is 19.8. The highest BCUT2D eigenvalue weighted by molar-refractivity contribution is 6.30. The van der Waals surface area contributed by atoms with Crippen molar-refractivity contribution in [3.05, 3.63) is 64.7 Å². The van der Waals surface area contributed by atoms with Crippen molar-refractivity contribution in [2.75, 3.05) is 26.4 Å². The Labute approximate surface area is 175 Å². The Hall–Kier alpha value is -2.50. The molecule has 1 saturated heterocycles. The standard InChI is InChI=1S/C23H24ClNO4/c24-17-9-10-22-20(13-17)18(19-6-1-2-8-21(19)28-15-29-22)7-4-12-25-11-3-5-16(14-25)23(26)27/h1-2,6-10,13,16H,3-5,11-12,14-15H2,(H,26,27). The molecule has 1 unspecified atom stereocenters. The van der Waals surface area contributed by atoms with Gasteiger partial charge in [-0.1, -0.05) is 35.9 Å². The van der Waals surface area contributed by atoms with E-state index in [1.807, 2.05) is 42.5 Å². The molecule has 4 rings (SSSR count). The summed E-state index contributed by atoms with van der Waals surface area (Å²) in [6.07, 6.45) is 4.66. The molecular weight excluding hydrogens is 390 g/mol. The van der Waals surface area contributed by atoms with E-state index in [9.17, 15) is 9.90 Å². The van der Waals surface area contributed by atoms with Gasteiger partial charge in [0.15, 0.2) is 0 Å². The number of ether oxygens (including phenoxy) is 2. The maximum absolute atomic E-state index is 11.3. The summed E-state index contributed by atoms with van der Waals surface area (Å²) in [4.78, 5) is 13.6. The molecule has 0 saturated carbocycles. The molecule has 0 aliphatic carbocycles. The van der Waals surface area contributed by atoms with Crippen molar-refractivity contribution in [3.63, 3.8) is 0 Å². The fourth-order valence-corrected chi connectivity index (χ4v) is 4.20. The van der Waals surface area contributed by atoms with Gasteiger partial charge in [-0.15, -0.1) is 0 Å². The number of carbonyl (C=O) groups is 1. The Morgan fingerprint density at radius 2 is 1.97 bits per heavy atom. The number of halogens is 1. The normalized spacial score (nSPS) is 20.6. The maximum atomic E-state index is 11.3. The summed E-state index contributed by atoms with van der Waals surface area (Å²) in [7, 11) is 0. The average Bonchev–Trinajstić information content (AvgIpc) is 2.72. The molecule has 6 heteroatoms. The fraction of sp³-hybridized carbons (Fsp3) is 0.348. The van der Waals surface area contributed by atoms with E-state index < -0.39 is 5.97 Å². The molecule has 2 aliphatic heterocycles. The molecule has 0 radical (unpaired) electrons. The van der Waals surface area contributed by atoms with E-state index in [-0.39, 0.29) is 12.7 Å². The lowest BCUT2D eigenvalue weighted by atomic mass is 9.94. The lowest BCUT2D eigenvalue weighted by molar-refractivity contribution is -0.143. The zero-order valence-electron chi connectivity index (χ0n) is 16.1. The van der Waals surface area contributed by atoms with Crippen LogP contribution in [0.4, 0.5) is 0 Å². The molecule has 0 bridgehead atoms. The Bertz CT molecular complexity index is 927. The number of aliphatic carboxylic acids is 1. The van der Waals surface area contributed by atoms with Gasteiger partial charge in [0, 0.05) is 29.2 Å². The number of para-hydroxylation sites is 1. The van der Waals surface area contributed by atoms with Crippen LogP contribution in [0.3, 0.4) is 0 Å². The van der Waals surface area contributed by atoms with Crippen molar-refractivity contribution in [1.82, 2.24) is 4.90 Å². The minimum Gasteiger partial charge on any atom is -0.481 e. The number of hydrogen-bond donors (Lipinski definition) is 1. The molecule has 0 aromatic heterocycles. The van der Waals surface area contributed by atoms with Gasteiger partial charge in [0.1, 0.15) is 11.5 Å². The fourth-order valence-electron chi connectivity index (χ4n) is 4.03. The Kier molecular flexibility index (Phi) is 6.07. The van der Waals surface area contributed by atoms with Crippen LogP contribution in [-0.2, 0) is 4.79 Å². The van der Waals surface area contributed by atoms with Gasteiger partial charge >= 0.3 is 5.97 Å². The van der Waals surface area contributed by atoms with Crippen LogP contribution in [0.15, 0.2) is 48.5 Å². The maximum Gasteiger partial charge on any atom is 0.307 e. The summed E-state index contributed by atoms with van der Waals surface area (Å²) in [5.41, 5.74) is 2.96. The average molecular weight is 414 g/mol. The van der Waals surface area contributed by atoms with E-state index in [0.29, 0.717) is 11.6 Å². The van der Waals surface area contributed by atoms with Gasteiger partial charge in [-0.2, -0.15) is 0 Å². The zero-order chi connectivity index (χ0) is 20.2. The molecule has 29 heavy (non-hydrogen) atoms. The predicted octanol–water partition coefficient (Wildman–Crippen LogP) is 4.69. The van der Waals surface area contributed by atoms with Crippen molar-refractivity contribution in [1.29, 1.82) is 0 Å². The first-order valence-corrected chi connectivity index (χ1v) is 10.3. The smallest absolute Gasteiger partial charge is 0.307 e. The van der Waals surface area contributed by atoms with Crippen molar-refractivity contribution < 1.29 is 19.4 Å². The van der Waals surface area contributed by atoms with Crippen molar-refractivity contribution >= 4 is 23.1 Å². The first-order chi connectivity index (χ1) is 14.1. The summed E-state index contributed by atoms with van der Waals surface area (Å²) >= 11 is 6.29. The topological polar surface area (TPSA) is 59.0 Å². The highest BCUT2D eigenvalue weighted by Gasteiger charge is 2.25. The second-order valence-corrected chi connectivity index (χ2v) is 7.86. The third-order valence-electron chi connectivity index (χ3n) is 5.49. The number of hydrogen-bond acceptors (Lipinski definition) is 4. The van der Waals surface area contributed by atoms with Crippen molar-refractivity contribution in [3.8, 4) is 11.5 Å². The third kappa shape index (κ3) is 4.57. The number of carboxylic acids is 1. The van der Waals surface area contributed by atoms with Gasteiger partial charge in [-0.25, -0.2) is 0 Å². The molecule has 2 aliphatic rings. The molecule has 1 atom stereocenters. The molecule has 1 N–H and O–H groups in total. The van der Waals surface area contributed by atoms with Crippen LogP contribution in [0.1, 0.15) is 30.4 Å². The van der Waals surface area contributed by atoms with Gasteiger partial charge in [0.25, 0.3) is 0 Å². The van der Waals surface area contributed by atoms with Crippen LogP contribution in [-0.4, -0.2) is 42.4 Å². The van der Waals surface area contributed by atoms with E-state index >= 15 is 0 Å². The minimum absolute atomic E-state index is 0.142. The summed E-state index contributed by atoms with van der Waals surface area (Å²) < 4.78 is 11.6. The van der Waals surface area contributed by atoms with E-state index in [1.165, 1.54) is 0 Å². The molecule has 2 aromatic carbocycles. The Morgan fingerprint density at radius 1 is 1.17 bits per heavy atom. The second-order valence-electron chi connectivity index (χ2n) is 7.43. The van der Waals surface area contributed by atoms with Crippen LogP contribution < -0.4 is 9.47 Å². The highest BCUT2D eigenvalue weighted by atomic mass is 35.5. The van der Waals surface area contributed by atoms with Gasteiger partial charge in [0.05, 0.1) is 5.92 Å². The number of nitrogens with zero attached hydrogens (tertiary/aromatic N) is 1. The summed E-state index contributed by atoms with van der Waals surface area (Å²) in [6, 6.07) is 13.5. The van der Waals surface area contributed by atoms with Crippen molar-refractivity contribution in [2.45, 2.75) is 19.3 Å². The van der Waals surface area contributed by atoms with Gasteiger partial charge in [-0.05, 0) is 55.6 Å². The van der Waals surface area contributed by atoms with Crippen molar-refractivity contribution in [2.24, 2.45) is 5.92 Å². The van der Waals surface area contributed by atoms with Gasteiger partial charge < -0.3 is 19.5 Å². The largest absolute Gasteiger partial charge is 0.481 e.